The lowest BCUT2D eigenvalue weighted by atomic mass is 9.75. The van der Waals surface area contributed by atoms with Gasteiger partial charge in [-0.3, -0.25) is 4.79 Å². The van der Waals surface area contributed by atoms with Crippen LogP contribution in [0.4, 0.5) is 8.78 Å². The van der Waals surface area contributed by atoms with Gasteiger partial charge in [0, 0.05) is 25.1 Å². The average molecular weight is 473 g/mol. The van der Waals surface area contributed by atoms with E-state index in [1.54, 1.807) is 0 Å². The van der Waals surface area contributed by atoms with Gasteiger partial charge >= 0.3 is 0 Å². The number of hydrogen-bond acceptors (Lipinski definition) is 3. The van der Waals surface area contributed by atoms with Crippen molar-refractivity contribution in [2.45, 2.75) is 83.4 Å². The van der Waals surface area contributed by atoms with Gasteiger partial charge < -0.3 is 15.7 Å². The highest BCUT2D eigenvalue weighted by molar-refractivity contribution is 5.73. The molecular formula is C28H38F2N2O2. The van der Waals surface area contributed by atoms with Gasteiger partial charge in [0.05, 0.1) is 12.1 Å². The molecule has 3 rings (SSSR count). The fourth-order valence-electron chi connectivity index (χ4n) is 5.16. The van der Waals surface area contributed by atoms with Crippen LogP contribution in [0.5, 0.6) is 0 Å². The maximum Gasteiger partial charge on any atom is 0.217 e. The molecule has 1 aliphatic carbocycles. The molecule has 2 unspecified atom stereocenters. The first kappa shape index (κ1) is 26.3. The van der Waals surface area contributed by atoms with Crippen LogP contribution in [0.15, 0.2) is 42.5 Å². The molecule has 2 atom stereocenters. The van der Waals surface area contributed by atoms with Gasteiger partial charge in [-0.2, -0.15) is 0 Å². The fourth-order valence-corrected chi connectivity index (χ4v) is 5.16. The summed E-state index contributed by atoms with van der Waals surface area (Å²) in [6, 6.07) is 11.3. The molecule has 1 aliphatic rings. The Bertz CT molecular complexity index is 937. The van der Waals surface area contributed by atoms with Gasteiger partial charge in [-0.05, 0) is 60.4 Å². The number of amides is 1. The Morgan fingerprint density at radius 3 is 2.29 bits per heavy atom. The van der Waals surface area contributed by atoms with Gasteiger partial charge in [0.2, 0.25) is 5.91 Å². The summed E-state index contributed by atoms with van der Waals surface area (Å²) in [6.45, 7) is 6.06. The van der Waals surface area contributed by atoms with Crippen LogP contribution in [0.25, 0.3) is 0 Å². The van der Waals surface area contributed by atoms with Crippen molar-refractivity contribution in [1.29, 1.82) is 0 Å². The summed E-state index contributed by atoms with van der Waals surface area (Å²) in [5.74, 6) is -1.08. The molecule has 1 amide bonds. The minimum Gasteiger partial charge on any atom is -0.390 e. The smallest absolute Gasteiger partial charge is 0.217 e. The largest absolute Gasteiger partial charge is 0.390 e. The second kappa shape index (κ2) is 11.9. The summed E-state index contributed by atoms with van der Waals surface area (Å²) >= 11 is 0. The maximum atomic E-state index is 13.7. The van der Waals surface area contributed by atoms with E-state index >= 15 is 0 Å². The molecule has 3 N–H and O–H groups in total. The van der Waals surface area contributed by atoms with Crippen molar-refractivity contribution in [1.82, 2.24) is 10.6 Å². The Morgan fingerprint density at radius 2 is 1.68 bits per heavy atom. The molecule has 0 saturated heterocycles. The van der Waals surface area contributed by atoms with Gasteiger partial charge in [-0.15, -0.1) is 0 Å². The van der Waals surface area contributed by atoms with Crippen LogP contribution >= 0.6 is 0 Å². The molecule has 2 aromatic carbocycles. The molecule has 186 valence electrons. The third kappa shape index (κ3) is 7.34. The summed E-state index contributed by atoms with van der Waals surface area (Å²) in [5.41, 5.74) is 2.70. The summed E-state index contributed by atoms with van der Waals surface area (Å²) in [4.78, 5) is 11.8. The minimum absolute atomic E-state index is 0.133. The van der Waals surface area contributed by atoms with Gasteiger partial charge in [0.1, 0.15) is 11.6 Å². The minimum atomic E-state index is -0.923. The molecule has 0 radical (unpaired) electrons. The van der Waals surface area contributed by atoms with Crippen molar-refractivity contribution in [3.05, 3.63) is 70.8 Å². The van der Waals surface area contributed by atoms with E-state index in [-0.39, 0.29) is 24.4 Å². The SMILES string of the molecule is CC(=O)NC(Cc1cc(F)cc(F)c1)C(O)CNC1(c2cccc(CC(C)C)c2)CCCCC1. The Balaban J connectivity index is 1.78. The van der Waals surface area contributed by atoms with Crippen molar-refractivity contribution < 1.29 is 18.7 Å². The second-order valence-corrected chi connectivity index (χ2v) is 10.2. The average Bonchev–Trinajstić information content (AvgIpc) is 2.76. The zero-order chi connectivity index (χ0) is 24.7. The number of carbonyl (C=O) groups is 1. The van der Waals surface area contributed by atoms with E-state index in [4.69, 9.17) is 0 Å². The normalized spacial score (nSPS) is 17.4. The zero-order valence-electron chi connectivity index (χ0n) is 20.5. The fraction of sp³-hybridized carbons (Fsp3) is 0.536. The Kier molecular flexibility index (Phi) is 9.20. The molecule has 0 heterocycles. The topological polar surface area (TPSA) is 61.4 Å². The third-order valence-corrected chi connectivity index (χ3v) is 6.71. The molecule has 0 spiro atoms. The third-order valence-electron chi connectivity index (χ3n) is 6.71. The number of aliphatic hydroxyl groups is 1. The molecule has 6 heteroatoms. The molecule has 0 aromatic heterocycles. The molecule has 0 aliphatic heterocycles. The summed E-state index contributed by atoms with van der Waals surface area (Å²) < 4.78 is 27.4. The van der Waals surface area contributed by atoms with Gasteiger partial charge in [0.25, 0.3) is 0 Å². The van der Waals surface area contributed by atoms with Gasteiger partial charge in [0.15, 0.2) is 0 Å². The molecule has 4 nitrogen and oxygen atoms in total. The highest BCUT2D eigenvalue weighted by atomic mass is 19.1. The van der Waals surface area contributed by atoms with E-state index in [1.807, 2.05) is 0 Å². The number of carbonyl (C=O) groups excluding carboxylic acids is 1. The van der Waals surface area contributed by atoms with E-state index < -0.39 is 23.8 Å². The van der Waals surface area contributed by atoms with Crippen LogP contribution in [0, 0.1) is 17.6 Å². The van der Waals surface area contributed by atoms with Crippen LogP contribution in [-0.2, 0) is 23.2 Å². The summed E-state index contributed by atoms with van der Waals surface area (Å²) in [6.07, 6.45) is 5.58. The van der Waals surface area contributed by atoms with Crippen LogP contribution in [0.1, 0.15) is 69.6 Å². The van der Waals surface area contributed by atoms with E-state index in [0.717, 1.165) is 38.2 Å². The van der Waals surface area contributed by atoms with Gasteiger partial charge in [-0.1, -0.05) is 57.4 Å². The predicted octanol–water partition coefficient (Wildman–Crippen LogP) is 5.02. The Morgan fingerprint density at radius 1 is 1.00 bits per heavy atom. The molecule has 0 bridgehead atoms. The maximum absolute atomic E-state index is 13.7. The lowest BCUT2D eigenvalue weighted by Crippen LogP contribution is -2.53. The zero-order valence-corrected chi connectivity index (χ0v) is 20.5. The highest BCUT2D eigenvalue weighted by Crippen LogP contribution is 2.37. The number of nitrogens with one attached hydrogen (secondary N) is 2. The first-order valence-electron chi connectivity index (χ1n) is 12.4. The Labute approximate surface area is 202 Å². The number of benzene rings is 2. The lowest BCUT2D eigenvalue weighted by Gasteiger charge is -2.40. The summed E-state index contributed by atoms with van der Waals surface area (Å²) in [7, 11) is 0. The monoisotopic (exact) mass is 472 g/mol. The molecule has 34 heavy (non-hydrogen) atoms. The van der Waals surface area contributed by atoms with Crippen LogP contribution in [0.2, 0.25) is 0 Å². The number of aliphatic hydroxyl groups excluding tert-OH is 1. The van der Waals surface area contributed by atoms with Crippen molar-refractivity contribution in [3.8, 4) is 0 Å². The van der Waals surface area contributed by atoms with Gasteiger partial charge in [-0.25, -0.2) is 8.78 Å². The molecule has 1 fully saturated rings. The van der Waals surface area contributed by atoms with Crippen molar-refractivity contribution in [2.24, 2.45) is 5.92 Å². The molecular weight excluding hydrogens is 434 g/mol. The van der Waals surface area contributed by atoms with Crippen LogP contribution in [-0.4, -0.2) is 29.7 Å². The number of rotatable bonds is 10. The summed E-state index contributed by atoms with van der Waals surface area (Å²) in [5, 5.41) is 17.5. The second-order valence-electron chi connectivity index (χ2n) is 10.2. The first-order chi connectivity index (χ1) is 16.2. The van der Waals surface area contributed by atoms with E-state index in [9.17, 15) is 18.7 Å². The van der Waals surface area contributed by atoms with Crippen LogP contribution in [0.3, 0.4) is 0 Å². The van der Waals surface area contributed by atoms with Crippen molar-refractivity contribution >= 4 is 5.91 Å². The Hall–Kier alpha value is -2.31. The predicted molar refractivity (Wildman–Crippen MR) is 131 cm³/mol. The first-order valence-corrected chi connectivity index (χ1v) is 12.4. The molecule has 2 aromatic rings. The van der Waals surface area contributed by atoms with E-state index in [1.165, 1.54) is 36.6 Å². The standard InChI is InChI=1S/C28H38F2N2O2/c1-19(2)12-21-8-7-9-23(13-21)28(10-5-4-6-11-28)31-18-27(34)26(32-20(3)33)16-22-14-24(29)17-25(30)15-22/h7-9,13-15,17,19,26-27,31,34H,4-6,10-12,16,18H2,1-3H3,(H,32,33). The number of hydrogen-bond donors (Lipinski definition) is 3. The van der Waals surface area contributed by atoms with Crippen LogP contribution < -0.4 is 10.6 Å². The van der Waals surface area contributed by atoms with Crippen molar-refractivity contribution in [2.75, 3.05) is 6.54 Å². The molecule has 1 saturated carbocycles. The van der Waals surface area contributed by atoms with E-state index in [0.29, 0.717) is 11.5 Å². The van der Waals surface area contributed by atoms with Crippen molar-refractivity contribution in [3.63, 3.8) is 0 Å². The quantitative estimate of drug-likeness (QED) is 0.455. The van der Waals surface area contributed by atoms with E-state index in [2.05, 4.69) is 48.7 Å². The lowest BCUT2D eigenvalue weighted by molar-refractivity contribution is -0.120. The highest BCUT2D eigenvalue weighted by Gasteiger charge is 2.35. The number of halogens is 2.